The SMILES string of the molecule is O=C(Cc1cccc(COc2ccc(F)cc2)c1)c1cc2scnc2[nH]1. The molecule has 6 heteroatoms. The molecule has 4 aromatic rings. The molecule has 130 valence electrons. The highest BCUT2D eigenvalue weighted by molar-refractivity contribution is 7.16. The number of carbonyl (C=O) groups excluding carboxylic acids is 1. The average molecular weight is 366 g/mol. The number of H-pyrrole nitrogens is 1. The van der Waals surface area contributed by atoms with Gasteiger partial charge in [-0.3, -0.25) is 4.79 Å². The second-order valence-electron chi connectivity index (χ2n) is 5.91. The van der Waals surface area contributed by atoms with Gasteiger partial charge in [-0.15, -0.1) is 11.3 Å². The van der Waals surface area contributed by atoms with Gasteiger partial charge in [0.2, 0.25) is 0 Å². The number of nitrogens with zero attached hydrogens (tertiary/aromatic N) is 1. The molecule has 0 unspecified atom stereocenters. The molecule has 2 heterocycles. The Morgan fingerprint density at radius 3 is 2.73 bits per heavy atom. The van der Waals surface area contributed by atoms with Crippen LogP contribution in [-0.4, -0.2) is 15.8 Å². The number of nitrogens with one attached hydrogen (secondary N) is 1. The average Bonchev–Trinajstić information content (AvgIpc) is 3.24. The summed E-state index contributed by atoms with van der Waals surface area (Å²) in [7, 11) is 0. The molecular formula is C20H15FN2O2S. The van der Waals surface area contributed by atoms with E-state index in [1.54, 1.807) is 17.6 Å². The predicted molar refractivity (Wildman–Crippen MR) is 99.2 cm³/mol. The van der Waals surface area contributed by atoms with Crippen LogP contribution in [0.4, 0.5) is 4.39 Å². The molecule has 0 aliphatic heterocycles. The Morgan fingerprint density at radius 2 is 1.92 bits per heavy atom. The Hall–Kier alpha value is -2.99. The maximum absolute atomic E-state index is 12.9. The van der Waals surface area contributed by atoms with E-state index in [-0.39, 0.29) is 11.6 Å². The lowest BCUT2D eigenvalue weighted by Gasteiger charge is -2.08. The Morgan fingerprint density at radius 1 is 1.12 bits per heavy atom. The Bertz CT molecular complexity index is 1020. The van der Waals surface area contributed by atoms with Crippen LogP contribution >= 0.6 is 11.3 Å². The van der Waals surface area contributed by atoms with Crippen molar-refractivity contribution in [3.05, 3.63) is 82.7 Å². The summed E-state index contributed by atoms with van der Waals surface area (Å²) in [6, 6.07) is 15.5. The third kappa shape index (κ3) is 3.65. The summed E-state index contributed by atoms with van der Waals surface area (Å²) in [5.41, 5.74) is 4.95. The minimum Gasteiger partial charge on any atom is -0.489 e. The molecule has 4 rings (SSSR count). The number of Topliss-reactive ketones (excluding diaryl/α,β-unsaturated/α-hetero) is 1. The smallest absolute Gasteiger partial charge is 0.183 e. The number of rotatable bonds is 6. The maximum atomic E-state index is 12.9. The molecule has 26 heavy (non-hydrogen) atoms. The highest BCUT2D eigenvalue weighted by atomic mass is 32.1. The van der Waals surface area contributed by atoms with Gasteiger partial charge in [-0.05, 0) is 41.5 Å². The molecule has 0 atom stereocenters. The minimum absolute atomic E-state index is 0.0202. The fourth-order valence-corrected chi connectivity index (χ4v) is 3.38. The number of ether oxygens (including phenoxy) is 1. The highest BCUT2D eigenvalue weighted by Gasteiger charge is 2.12. The van der Waals surface area contributed by atoms with Crippen molar-refractivity contribution in [2.75, 3.05) is 0 Å². The number of halogens is 1. The molecule has 0 aliphatic carbocycles. The summed E-state index contributed by atoms with van der Waals surface area (Å²) in [6.45, 7) is 0.357. The van der Waals surface area contributed by atoms with Crippen molar-refractivity contribution in [2.45, 2.75) is 13.0 Å². The molecule has 4 nitrogen and oxygen atoms in total. The first-order valence-corrected chi connectivity index (χ1v) is 8.97. The summed E-state index contributed by atoms with van der Waals surface area (Å²) in [6.07, 6.45) is 0.304. The fourth-order valence-electron chi connectivity index (χ4n) is 2.70. The first kappa shape index (κ1) is 16.5. The van der Waals surface area contributed by atoms with Crippen LogP contribution in [0.3, 0.4) is 0 Å². The molecule has 0 amide bonds. The zero-order chi connectivity index (χ0) is 17.9. The molecule has 2 aromatic carbocycles. The van der Waals surface area contributed by atoms with Crippen LogP contribution in [0.15, 0.2) is 60.1 Å². The first-order valence-electron chi connectivity index (χ1n) is 8.09. The lowest BCUT2D eigenvalue weighted by Crippen LogP contribution is -2.05. The van der Waals surface area contributed by atoms with Gasteiger partial charge in [-0.1, -0.05) is 24.3 Å². The number of aromatic amines is 1. The normalized spacial score (nSPS) is 11.0. The quantitative estimate of drug-likeness (QED) is 0.500. The van der Waals surface area contributed by atoms with Crippen LogP contribution in [0.1, 0.15) is 21.6 Å². The van der Waals surface area contributed by atoms with E-state index in [1.807, 2.05) is 30.3 Å². The van der Waals surface area contributed by atoms with Gasteiger partial charge in [-0.2, -0.15) is 0 Å². The molecule has 0 aliphatic rings. The Balaban J connectivity index is 1.42. The number of thiazole rings is 1. The van der Waals surface area contributed by atoms with Gasteiger partial charge in [0.05, 0.1) is 15.9 Å². The van der Waals surface area contributed by atoms with E-state index in [1.165, 1.54) is 23.5 Å². The fraction of sp³-hybridized carbons (Fsp3) is 0.100. The van der Waals surface area contributed by atoms with Gasteiger partial charge in [0.1, 0.15) is 23.8 Å². The van der Waals surface area contributed by atoms with E-state index in [0.29, 0.717) is 24.5 Å². The van der Waals surface area contributed by atoms with E-state index in [9.17, 15) is 9.18 Å². The lowest BCUT2D eigenvalue weighted by molar-refractivity contribution is 0.0989. The van der Waals surface area contributed by atoms with Crippen LogP contribution in [-0.2, 0) is 13.0 Å². The van der Waals surface area contributed by atoms with Crippen molar-refractivity contribution in [3.63, 3.8) is 0 Å². The number of benzene rings is 2. The lowest BCUT2D eigenvalue weighted by atomic mass is 10.0. The van der Waals surface area contributed by atoms with Crippen molar-refractivity contribution < 1.29 is 13.9 Å². The van der Waals surface area contributed by atoms with Gasteiger partial charge in [0.25, 0.3) is 0 Å². The third-order valence-corrected chi connectivity index (χ3v) is 4.77. The van der Waals surface area contributed by atoms with E-state index in [2.05, 4.69) is 9.97 Å². The molecule has 2 aromatic heterocycles. The first-order chi connectivity index (χ1) is 12.7. The number of hydrogen-bond donors (Lipinski definition) is 1. The molecule has 0 saturated heterocycles. The van der Waals surface area contributed by atoms with Gasteiger partial charge >= 0.3 is 0 Å². The van der Waals surface area contributed by atoms with Gasteiger partial charge in [-0.25, -0.2) is 9.37 Å². The van der Waals surface area contributed by atoms with Crippen LogP contribution < -0.4 is 4.74 Å². The molecule has 0 radical (unpaired) electrons. The summed E-state index contributed by atoms with van der Waals surface area (Å²) in [5.74, 6) is 0.330. The van der Waals surface area contributed by atoms with Crippen molar-refractivity contribution >= 4 is 27.5 Å². The summed E-state index contributed by atoms with van der Waals surface area (Å²) < 4.78 is 19.6. The number of hydrogen-bond acceptors (Lipinski definition) is 4. The molecule has 0 bridgehead atoms. The summed E-state index contributed by atoms with van der Waals surface area (Å²) >= 11 is 1.51. The zero-order valence-corrected chi connectivity index (χ0v) is 14.6. The second kappa shape index (κ2) is 7.09. The molecular weight excluding hydrogens is 351 g/mol. The van der Waals surface area contributed by atoms with Gasteiger partial charge < -0.3 is 9.72 Å². The van der Waals surface area contributed by atoms with Crippen LogP contribution in [0.2, 0.25) is 0 Å². The third-order valence-electron chi connectivity index (χ3n) is 4.00. The van der Waals surface area contributed by atoms with Crippen LogP contribution in [0.5, 0.6) is 5.75 Å². The largest absolute Gasteiger partial charge is 0.489 e. The zero-order valence-electron chi connectivity index (χ0n) is 13.7. The van der Waals surface area contributed by atoms with Crippen molar-refractivity contribution in [1.82, 2.24) is 9.97 Å². The summed E-state index contributed by atoms with van der Waals surface area (Å²) in [4.78, 5) is 19.7. The van der Waals surface area contributed by atoms with Crippen molar-refractivity contribution in [2.24, 2.45) is 0 Å². The highest BCUT2D eigenvalue weighted by Crippen LogP contribution is 2.20. The molecule has 0 saturated carbocycles. The Kier molecular flexibility index (Phi) is 4.50. The number of aromatic nitrogens is 2. The minimum atomic E-state index is -0.294. The molecule has 1 N–H and O–H groups in total. The van der Waals surface area contributed by atoms with Crippen LogP contribution in [0.25, 0.3) is 10.3 Å². The van der Waals surface area contributed by atoms with Crippen molar-refractivity contribution in [1.29, 1.82) is 0 Å². The van der Waals surface area contributed by atoms with Gasteiger partial charge in [0.15, 0.2) is 5.78 Å². The Labute approximate surface area is 153 Å². The monoisotopic (exact) mass is 366 g/mol. The van der Waals surface area contributed by atoms with Crippen molar-refractivity contribution in [3.8, 4) is 5.75 Å². The molecule has 0 spiro atoms. The standard InChI is InChI=1S/C20H15FN2O2S/c21-15-4-6-16(7-5-15)25-11-14-3-1-2-13(8-14)9-18(24)17-10-19-20(23-17)22-12-26-19/h1-8,10,12,23H,9,11H2. The van der Waals surface area contributed by atoms with Crippen LogP contribution in [0, 0.1) is 5.82 Å². The topological polar surface area (TPSA) is 55.0 Å². The maximum Gasteiger partial charge on any atom is 0.183 e. The molecule has 0 fully saturated rings. The second-order valence-corrected chi connectivity index (χ2v) is 6.80. The number of fused-ring (bicyclic) bond motifs is 1. The van der Waals surface area contributed by atoms with E-state index in [4.69, 9.17) is 4.74 Å². The predicted octanol–water partition coefficient (Wildman–Crippen LogP) is 4.77. The number of carbonyl (C=O) groups is 1. The van der Waals surface area contributed by atoms with E-state index < -0.39 is 0 Å². The van der Waals surface area contributed by atoms with E-state index in [0.717, 1.165) is 21.5 Å². The van der Waals surface area contributed by atoms with E-state index >= 15 is 0 Å². The summed E-state index contributed by atoms with van der Waals surface area (Å²) in [5, 5.41) is 0. The van der Waals surface area contributed by atoms with Gasteiger partial charge in [0, 0.05) is 6.42 Å². The number of ketones is 1.